The van der Waals surface area contributed by atoms with Gasteiger partial charge in [0, 0.05) is 5.69 Å². The minimum atomic E-state index is -2.54. The van der Waals surface area contributed by atoms with Gasteiger partial charge in [-0.1, -0.05) is 0 Å². The summed E-state index contributed by atoms with van der Waals surface area (Å²) < 4.78 is 143. The Morgan fingerprint density at radius 3 is 1.31 bits per heavy atom. The standard InChI is InChI=1S/C20H5F10NO4/c1-4-2-5(19(32)34-17-13(27)9(23)7(21)10(24)14(17)28)3-6(31-4)20(33)35-18-15(29)11(25)8(22)12(26)16(18)30/h2-3H,1H3. The number of aromatic nitrogens is 1. The van der Waals surface area contributed by atoms with E-state index in [0.29, 0.717) is 6.07 Å². The first-order chi connectivity index (χ1) is 16.3. The summed E-state index contributed by atoms with van der Waals surface area (Å²) in [4.78, 5) is 27.9. The summed E-state index contributed by atoms with van der Waals surface area (Å²) in [6, 6.07) is 1.22. The minimum absolute atomic E-state index is 0.263. The van der Waals surface area contributed by atoms with Crippen LogP contribution in [0.25, 0.3) is 0 Å². The summed E-state index contributed by atoms with van der Waals surface area (Å²) in [5.41, 5.74) is -2.08. The third-order valence-corrected chi connectivity index (χ3v) is 4.13. The molecule has 0 saturated carbocycles. The summed E-state index contributed by atoms with van der Waals surface area (Å²) in [5.74, 6) is -32.4. The van der Waals surface area contributed by atoms with Crippen LogP contribution in [-0.2, 0) is 0 Å². The van der Waals surface area contributed by atoms with Crippen molar-refractivity contribution in [3.05, 3.63) is 87.3 Å². The number of carbonyl (C=O) groups is 2. The van der Waals surface area contributed by atoms with Gasteiger partial charge in [-0.25, -0.2) is 40.9 Å². The normalized spacial score (nSPS) is 10.9. The molecule has 2 aromatic carbocycles. The third kappa shape index (κ3) is 4.48. The van der Waals surface area contributed by atoms with Crippen molar-refractivity contribution in [1.29, 1.82) is 0 Å². The van der Waals surface area contributed by atoms with Crippen molar-refractivity contribution < 1.29 is 63.0 Å². The second kappa shape index (κ2) is 9.23. The summed E-state index contributed by atoms with van der Waals surface area (Å²) in [5, 5.41) is 0. The molecule has 0 aliphatic heterocycles. The largest absolute Gasteiger partial charge is 0.416 e. The van der Waals surface area contributed by atoms with E-state index in [4.69, 9.17) is 0 Å². The van der Waals surface area contributed by atoms with Crippen LogP contribution >= 0.6 is 0 Å². The number of aryl methyl sites for hydroxylation is 1. The molecule has 35 heavy (non-hydrogen) atoms. The number of rotatable bonds is 4. The molecule has 0 unspecified atom stereocenters. The number of carbonyl (C=O) groups excluding carboxylic acids is 2. The molecule has 3 aromatic rings. The molecule has 3 rings (SSSR count). The molecule has 0 radical (unpaired) electrons. The average molecular weight is 513 g/mol. The predicted molar refractivity (Wildman–Crippen MR) is 91.4 cm³/mol. The number of hydrogen-bond acceptors (Lipinski definition) is 5. The van der Waals surface area contributed by atoms with E-state index in [1.807, 2.05) is 0 Å². The van der Waals surface area contributed by atoms with Crippen molar-refractivity contribution in [3.63, 3.8) is 0 Å². The molecule has 0 aliphatic rings. The molecule has 0 atom stereocenters. The number of esters is 2. The van der Waals surface area contributed by atoms with Gasteiger partial charge >= 0.3 is 11.9 Å². The second-order valence-corrected chi connectivity index (χ2v) is 6.46. The molecule has 0 N–H and O–H groups in total. The SMILES string of the molecule is Cc1cc(C(=O)Oc2c(F)c(F)c(F)c(F)c2F)cc(C(=O)Oc2c(F)c(F)c(F)c(F)c2F)n1. The second-order valence-electron chi connectivity index (χ2n) is 6.46. The Bertz CT molecular complexity index is 1250. The zero-order chi connectivity index (χ0) is 26.4. The maximum atomic E-state index is 13.7. The van der Waals surface area contributed by atoms with Crippen molar-refractivity contribution in [2.24, 2.45) is 0 Å². The van der Waals surface area contributed by atoms with Gasteiger partial charge in [-0.15, -0.1) is 0 Å². The lowest BCUT2D eigenvalue weighted by atomic mass is 10.2. The van der Waals surface area contributed by atoms with Crippen LogP contribution in [0.15, 0.2) is 12.1 Å². The fraction of sp³-hybridized carbons (Fsp3) is 0.0500. The van der Waals surface area contributed by atoms with Gasteiger partial charge in [0.05, 0.1) is 5.56 Å². The van der Waals surface area contributed by atoms with Gasteiger partial charge in [-0.2, -0.15) is 17.6 Å². The Balaban J connectivity index is 1.96. The van der Waals surface area contributed by atoms with E-state index in [-0.39, 0.29) is 5.69 Å². The summed E-state index contributed by atoms with van der Waals surface area (Å²) in [7, 11) is 0. The van der Waals surface area contributed by atoms with Crippen LogP contribution in [-0.4, -0.2) is 16.9 Å². The van der Waals surface area contributed by atoms with Gasteiger partial charge < -0.3 is 9.47 Å². The molecule has 0 aliphatic carbocycles. The van der Waals surface area contributed by atoms with E-state index in [2.05, 4.69) is 14.5 Å². The lowest BCUT2D eigenvalue weighted by molar-refractivity contribution is 0.0709. The first kappa shape index (κ1) is 25.5. The molecule has 184 valence electrons. The van der Waals surface area contributed by atoms with Crippen LogP contribution < -0.4 is 9.47 Å². The zero-order valence-electron chi connectivity index (χ0n) is 16.5. The van der Waals surface area contributed by atoms with Crippen LogP contribution in [0, 0.1) is 65.1 Å². The Morgan fingerprint density at radius 1 is 0.571 bits per heavy atom. The molecule has 0 amide bonds. The Hall–Kier alpha value is -4.17. The van der Waals surface area contributed by atoms with E-state index in [9.17, 15) is 53.5 Å². The predicted octanol–water partition coefficient (Wildman–Crippen LogP) is 5.22. The molecular formula is C20H5F10NO4. The molecule has 1 aromatic heterocycles. The van der Waals surface area contributed by atoms with Crippen molar-refractivity contribution >= 4 is 11.9 Å². The van der Waals surface area contributed by atoms with Gasteiger partial charge in [-0.05, 0) is 19.1 Å². The van der Waals surface area contributed by atoms with Crippen LogP contribution in [0.4, 0.5) is 43.9 Å². The van der Waals surface area contributed by atoms with Gasteiger partial charge in [0.1, 0.15) is 5.69 Å². The van der Waals surface area contributed by atoms with Crippen LogP contribution in [0.1, 0.15) is 26.5 Å². The number of nitrogens with zero attached hydrogens (tertiary/aromatic N) is 1. The van der Waals surface area contributed by atoms with Crippen molar-refractivity contribution in [2.75, 3.05) is 0 Å². The summed E-state index contributed by atoms with van der Waals surface area (Å²) in [6.07, 6.45) is 0. The fourth-order valence-corrected chi connectivity index (χ4v) is 2.54. The average Bonchev–Trinajstić information content (AvgIpc) is 2.83. The van der Waals surface area contributed by atoms with Gasteiger partial charge in [0.25, 0.3) is 0 Å². The number of hydrogen-bond donors (Lipinski definition) is 0. The number of halogens is 10. The molecule has 0 saturated heterocycles. The molecular weight excluding hydrogens is 508 g/mol. The zero-order valence-corrected chi connectivity index (χ0v) is 16.5. The van der Waals surface area contributed by atoms with Crippen LogP contribution in [0.2, 0.25) is 0 Å². The highest BCUT2D eigenvalue weighted by atomic mass is 19.2. The first-order valence-electron chi connectivity index (χ1n) is 8.72. The lowest BCUT2D eigenvalue weighted by Gasteiger charge is -2.11. The van der Waals surface area contributed by atoms with Gasteiger partial charge in [-0.3, -0.25) is 0 Å². The monoisotopic (exact) mass is 513 g/mol. The fourth-order valence-electron chi connectivity index (χ4n) is 2.54. The Labute approximate surface area is 186 Å². The third-order valence-electron chi connectivity index (χ3n) is 4.13. The number of pyridine rings is 1. The van der Waals surface area contributed by atoms with E-state index < -0.39 is 92.9 Å². The van der Waals surface area contributed by atoms with Crippen molar-refractivity contribution in [3.8, 4) is 11.5 Å². The quantitative estimate of drug-likeness (QED) is 0.158. The highest BCUT2D eigenvalue weighted by Gasteiger charge is 2.31. The maximum Gasteiger partial charge on any atom is 0.362 e. The highest BCUT2D eigenvalue weighted by molar-refractivity contribution is 5.95. The number of benzene rings is 2. The van der Waals surface area contributed by atoms with Crippen molar-refractivity contribution in [1.82, 2.24) is 4.98 Å². The maximum absolute atomic E-state index is 13.7. The summed E-state index contributed by atoms with van der Waals surface area (Å²) in [6.45, 7) is 1.10. The van der Waals surface area contributed by atoms with Gasteiger partial charge in [0.2, 0.25) is 69.7 Å². The molecule has 15 heteroatoms. The first-order valence-corrected chi connectivity index (χ1v) is 8.72. The van der Waals surface area contributed by atoms with E-state index in [0.717, 1.165) is 13.0 Å². The highest BCUT2D eigenvalue weighted by Crippen LogP contribution is 2.31. The van der Waals surface area contributed by atoms with E-state index >= 15 is 0 Å². The topological polar surface area (TPSA) is 65.5 Å². The van der Waals surface area contributed by atoms with Crippen LogP contribution in [0.3, 0.4) is 0 Å². The molecule has 5 nitrogen and oxygen atoms in total. The Morgan fingerprint density at radius 2 is 0.914 bits per heavy atom. The van der Waals surface area contributed by atoms with E-state index in [1.54, 1.807) is 0 Å². The Kier molecular flexibility index (Phi) is 6.71. The molecule has 0 spiro atoms. The molecule has 0 bridgehead atoms. The van der Waals surface area contributed by atoms with Crippen LogP contribution in [0.5, 0.6) is 11.5 Å². The molecule has 1 heterocycles. The number of ether oxygens (including phenoxy) is 2. The molecule has 0 fully saturated rings. The van der Waals surface area contributed by atoms with Gasteiger partial charge in [0.15, 0.2) is 0 Å². The van der Waals surface area contributed by atoms with Crippen molar-refractivity contribution in [2.45, 2.75) is 6.92 Å². The smallest absolute Gasteiger partial charge is 0.362 e. The lowest BCUT2D eigenvalue weighted by Crippen LogP contribution is -2.18. The minimum Gasteiger partial charge on any atom is -0.416 e. The van der Waals surface area contributed by atoms with E-state index in [1.165, 1.54) is 0 Å². The summed E-state index contributed by atoms with van der Waals surface area (Å²) >= 11 is 0.